The third kappa shape index (κ3) is 6.37. The quantitative estimate of drug-likeness (QED) is 0.312. The van der Waals surface area contributed by atoms with E-state index < -0.39 is 0 Å². The van der Waals surface area contributed by atoms with Crippen LogP contribution in [0.25, 0.3) is 0 Å². The van der Waals surface area contributed by atoms with E-state index in [1.165, 1.54) is 0 Å². The van der Waals surface area contributed by atoms with Gasteiger partial charge in [0.2, 0.25) is 0 Å². The molecule has 0 aromatic heterocycles. The Kier molecular flexibility index (Phi) is 8.53. The van der Waals surface area contributed by atoms with Crippen molar-refractivity contribution in [1.29, 1.82) is 0 Å². The van der Waals surface area contributed by atoms with Crippen LogP contribution in [-0.4, -0.2) is 5.52 Å². The van der Waals surface area contributed by atoms with Crippen LogP contribution in [-0.2, 0) is 0 Å². The molecule has 1 atom stereocenters. The van der Waals surface area contributed by atoms with Crippen LogP contribution in [0.4, 0.5) is 0 Å². The first-order valence-electron chi connectivity index (χ1n) is 10.5. The fourth-order valence-electron chi connectivity index (χ4n) is 3.72. The molecular formula is C28H25LiO3P+. The number of para-hydroxylation sites is 2. The molecule has 0 fully saturated rings. The Morgan fingerprint density at radius 3 is 1.79 bits per heavy atom. The normalized spacial score (nSPS) is 10.6. The summed E-state index contributed by atoms with van der Waals surface area (Å²) in [7, 11) is -0.0594. The molecule has 3 nitrogen and oxygen atoms in total. The minimum atomic E-state index is -0.0594. The van der Waals surface area contributed by atoms with Crippen molar-refractivity contribution in [2.24, 2.45) is 0 Å². The van der Waals surface area contributed by atoms with Crippen molar-refractivity contribution in [1.82, 2.24) is 0 Å². The molecule has 0 radical (unpaired) electrons. The molecule has 4 aromatic carbocycles. The standard InChI is InChI=1S/C28H25O3P.Li/c1-19-16-20(2)27(21(3)17-19)28(29)32-26-15-14-24(30-22-10-6-4-7-11-22)18-25(26)31-23-12-8-5-9-13-23;/h4-18,32H,1-3H3;/q;+1. The van der Waals surface area contributed by atoms with Gasteiger partial charge in [0.25, 0.3) is 0 Å². The molecular weight excluding hydrogens is 422 g/mol. The van der Waals surface area contributed by atoms with E-state index in [-0.39, 0.29) is 33.0 Å². The minimum absolute atomic E-state index is 0. The summed E-state index contributed by atoms with van der Waals surface area (Å²) in [4.78, 5) is 13.3. The third-order valence-electron chi connectivity index (χ3n) is 5.06. The van der Waals surface area contributed by atoms with Gasteiger partial charge in [0.05, 0.1) is 0 Å². The minimum Gasteiger partial charge on any atom is -0.457 e. The number of hydrogen-bond donors (Lipinski definition) is 0. The Hall–Kier alpha value is -2.82. The molecule has 0 bridgehead atoms. The van der Waals surface area contributed by atoms with Gasteiger partial charge in [-0.05, 0) is 76.9 Å². The smallest absolute Gasteiger partial charge is 0.457 e. The molecule has 0 aliphatic rings. The van der Waals surface area contributed by atoms with Gasteiger partial charge in [-0.2, -0.15) is 0 Å². The second kappa shape index (κ2) is 11.4. The van der Waals surface area contributed by atoms with E-state index in [0.717, 1.165) is 33.3 Å². The predicted octanol–water partition coefficient (Wildman–Crippen LogP) is 4.34. The summed E-state index contributed by atoms with van der Waals surface area (Å²) < 4.78 is 12.2. The van der Waals surface area contributed by atoms with Crippen LogP contribution in [0, 0.1) is 20.8 Å². The zero-order valence-electron chi connectivity index (χ0n) is 19.4. The summed E-state index contributed by atoms with van der Waals surface area (Å²) in [6, 6.07) is 29.0. The molecule has 160 valence electrons. The zero-order valence-corrected chi connectivity index (χ0v) is 20.4. The van der Waals surface area contributed by atoms with Crippen molar-refractivity contribution in [2.45, 2.75) is 20.8 Å². The van der Waals surface area contributed by atoms with Gasteiger partial charge in [0.15, 0.2) is 5.52 Å². The summed E-state index contributed by atoms with van der Waals surface area (Å²) in [5.74, 6) is 2.74. The number of carbonyl (C=O) groups excluding carboxylic acids is 1. The monoisotopic (exact) mass is 447 g/mol. The van der Waals surface area contributed by atoms with Gasteiger partial charge in [-0.1, -0.05) is 54.1 Å². The maximum atomic E-state index is 13.3. The van der Waals surface area contributed by atoms with Crippen LogP contribution < -0.4 is 33.6 Å². The Balaban J connectivity index is 0.00000306. The molecule has 1 unspecified atom stereocenters. The first kappa shape index (κ1) is 24.8. The summed E-state index contributed by atoms with van der Waals surface area (Å²) in [6.07, 6.45) is 0. The molecule has 33 heavy (non-hydrogen) atoms. The van der Waals surface area contributed by atoms with Gasteiger partial charge in [-0.3, -0.25) is 4.79 Å². The maximum Gasteiger partial charge on any atom is 1.00 e. The Morgan fingerprint density at radius 2 is 1.21 bits per heavy atom. The summed E-state index contributed by atoms with van der Waals surface area (Å²) in [5.41, 5.74) is 4.08. The zero-order chi connectivity index (χ0) is 22.5. The topological polar surface area (TPSA) is 35.5 Å². The van der Waals surface area contributed by atoms with Gasteiger partial charge in [0, 0.05) is 16.9 Å². The third-order valence-corrected chi connectivity index (χ3v) is 6.21. The maximum absolute atomic E-state index is 13.3. The number of ether oxygens (including phenoxy) is 2. The van der Waals surface area contributed by atoms with E-state index in [0.29, 0.717) is 17.2 Å². The van der Waals surface area contributed by atoms with Crippen molar-refractivity contribution in [3.8, 4) is 23.0 Å². The largest absolute Gasteiger partial charge is 1.00 e. The number of benzene rings is 4. The second-order valence-corrected chi connectivity index (χ2v) is 8.96. The molecule has 0 aliphatic heterocycles. The van der Waals surface area contributed by atoms with E-state index in [9.17, 15) is 4.79 Å². The number of carbonyl (C=O) groups is 1. The molecule has 0 amide bonds. The van der Waals surface area contributed by atoms with Crippen molar-refractivity contribution >= 4 is 19.4 Å². The molecule has 0 aliphatic carbocycles. The van der Waals surface area contributed by atoms with Gasteiger partial charge in [0.1, 0.15) is 23.0 Å². The first-order chi connectivity index (χ1) is 15.5. The van der Waals surface area contributed by atoms with Crippen molar-refractivity contribution in [2.75, 3.05) is 0 Å². The molecule has 4 rings (SSSR count). The molecule has 0 saturated carbocycles. The summed E-state index contributed by atoms with van der Waals surface area (Å²) in [5, 5.41) is 0.846. The van der Waals surface area contributed by atoms with Gasteiger partial charge >= 0.3 is 18.9 Å². The van der Waals surface area contributed by atoms with Crippen LogP contribution in [0.5, 0.6) is 23.0 Å². The van der Waals surface area contributed by atoms with Crippen molar-refractivity contribution in [3.63, 3.8) is 0 Å². The molecule has 4 aromatic rings. The van der Waals surface area contributed by atoms with Crippen LogP contribution in [0.1, 0.15) is 27.0 Å². The van der Waals surface area contributed by atoms with Crippen LogP contribution >= 0.6 is 8.58 Å². The van der Waals surface area contributed by atoms with E-state index in [1.807, 2.05) is 99.6 Å². The van der Waals surface area contributed by atoms with Crippen molar-refractivity contribution in [3.05, 3.63) is 113 Å². The Morgan fingerprint density at radius 1 is 0.667 bits per heavy atom. The van der Waals surface area contributed by atoms with Gasteiger partial charge < -0.3 is 9.47 Å². The van der Waals surface area contributed by atoms with Crippen LogP contribution in [0.3, 0.4) is 0 Å². The average molecular weight is 447 g/mol. The van der Waals surface area contributed by atoms with Crippen LogP contribution in [0.2, 0.25) is 0 Å². The molecule has 0 spiro atoms. The van der Waals surface area contributed by atoms with Crippen molar-refractivity contribution < 1.29 is 33.1 Å². The van der Waals surface area contributed by atoms with E-state index >= 15 is 0 Å². The fraction of sp³-hybridized carbons (Fsp3) is 0.107. The van der Waals surface area contributed by atoms with Crippen LogP contribution in [0.15, 0.2) is 91.0 Å². The van der Waals surface area contributed by atoms with Gasteiger partial charge in [-0.15, -0.1) is 0 Å². The van der Waals surface area contributed by atoms with E-state index in [2.05, 4.69) is 12.1 Å². The summed E-state index contributed by atoms with van der Waals surface area (Å²) in [6.45, 7) is 6.04. The SMILES string of the molecule is Cc1cc(C)c(C(=O)Pc2ccc(Oc3ccccc3)cc2Oc2ccccc2)c(C)c1.[Li+]. The van der Waals surface area contributed by atoms with E-state index in [1.54, 1.807) is 0 Å². The fourth-order valence-corrected chi connectivity index (χ4v) is 4.89. The molecule has 0 N–H and O–H groups in total. The molecule has 0 heterocycles. The van der Waals surface area contributed by atoms with Gasteiger partial charge in [-0.25, -0.2) is 0 Å². The first-order valence-corrected chi connectivity index (χ1v) is 11.5. The number of hydrogen-bond acceptors (Lipinski definition) is 3. The van der Waals surface area contributed by atoms with E-state index in [4.69, 9.17) is 9.47 Å². The molecule has 0 saturated heterocycles. The average Bonchev–Trinajstić information content (AvgIpc) is 2.76. The number of aryl methyl sites for hydroxylation is 3. The Labute approximate surface area is 209 Å². The predicted molar refractivity (Wildman–Crippen MR) is 132 cm³/mol. The number of rotatable bonds is 7. The second-order valence-electron chi connectivity index (χ2n) is 7.72. The Bertz CT molecular complexity index is 1220. The summed E-state index contributed by atoms with van der Waals surface area (Å²) >= 11 is 0. The molecule has 5 heteroatoms.